The van der Waals surface area contributed by atoms with Crippen LogP contribution in [0.5, 0.6) is 0 Å². The zero-order valence-electron chi connectivity index (χ0n) is 20.7. The molecule has 2 heterocycles. The van der Waals surface area contributed by atoms with Gasteiger partial charge < -0.3 is 4.40 Å². The SMILES string of the molecule is CC1(C)c2cc3nc4c5[c-]cccc5ccn4c3c3c2C(C)(C1(C)C)C(C)(C)C3(C)C.[Ir]. The fraction of sp³-hybridized carbons (Fsp3) is 0.483. The molecule has 2 aromatic heterocycles. The summed E-state index contributed by atoms with van der Waals surface area (Å²) in [6.45, 7) is 22.3. The van der Waals surface area contributed by atoms with Crippen molar-refractivity contribution >= 4 is 27.5 Å². The summed E-state index contributed by atoms with van der Waals surface area (Å²) in [6.07, 6.45) is 2.22. The molecule has 0 saturated carbocycles. The number of hydrogen-bond acceptors (Lipinski definition) is 1. The number of benzene rings is 2. The molecule has 3 heteroatoms. The van der Waals surface area contributed by atoms with Crippen molar-refractivity contribution in [3.8, 4) is 0 Å². The van der Waals surface area contributed by atoms with Gasteiger partial charge in [-0.3, -0.25) is 4.98 Å². The van der Waals surface area contributed by atoms with Crippen molar-refractivity contribution in [1.82, 2.24) is 9.38 Å². The maximum absolute atomic E-state index is 5.23. The number of pyridine rings is 1. The van der Waals surface area contributed by atoms with Crippen molar-refractivity contribution in [3.05, 3.63) is 59.3 Å². The second kappa shape index (κ2) is 5.86. The van der Waals surface area contributed by atoms with E-state index >= 15 is 0 Å². The molecule has 0 bridgehead atoms. The van der Waals surface area contributed by atoms with Crippen LogP contribution in [0, 0.1) is 16.9 Å². The number of nitrogens with zero attached hydrogens (tertiary/aromatic N) is 2. The Kier molecular flexibility index (Phi) is 4.05. The van der Waals surface area contributed by atoms with Gasteiger partial charge in [-0.25, -0.2) is 0 Å². The molecule has 169 valence electrons. The standard InChI is InChI=1S/C29H33N2.Ir/c1-25(2)19-16-20-23(31-15-14-17-12-10-11-13-18(17)24(31)30-20)22-21(19)29(9,27(25,5)6)28(7,8)26(22,3)4;/h10-12,14-16H,1-9H3;/q-1;. The fourth-order valence-electron chi connectivity index (χ4n) is 7.45. The van der Waals surface area contributed by atoms with Crippen molar-refractivity contribution in [2.45, 2.75) is 78.6 Å². The van der Waals surface area contributed by atoms with Crippen LogP contribution in [0.2, 0.25) is 0 Å². The van der Waals surface area contributed by atoms with Crippen LogP contribution in [-0.4, -0.2) is 9.38 Å². The van der Waals surface area contributed by atoms with Crippen LogP contribution in [0.4, 0.5) is 0 Å². The van der Waals surface area contributed by atoms with Gasteiger partial charge in [0.1, 0.15) is 0 Å². The molecule has 0 fully saturated rings. The Balaban J connectivity index is 0.00000216. The molecule has 2 nitrogen and oxygen atoms in total. The van der Waals surface area contributed by atoms with Gasteiger partial charge in [0.05, 0.1) is 16.7 Å². The van der Waals surface area contributed by atoms with E-state index in [0.717, 1.165) is 16.6 Å². The van der Waals surface area contributed by atoms with E-state index in [1.165, 1.54) is 22.0 Å². The van der Waals surface area contributed by atoms with Crippen LogP contribution >= 0.6 is 0 Å². The van der Waals surface area contributed by atoms with E-state index < -0.39 is 0 Å². The first-order valence-corrected chi connectivity index (χ1v) is 11.6. The van der Waals surface area contributed by atoms with Gasteiger partial charge in [0.2, 0.25) is 0 Å². The Labute approximate surface area is 205 Å². The van der Waals surface area contributed by atoms with Crippen molar-refractivity contribution in [3.63, 3.8) is 0 Å². The summed E-state index contributed by atoms with van der Waals surface area (Å²) < 4.78 is 2.34. The summed E-state index contributed by atoms with van der Waals surface area (Å²) in [6, 6.07) is 14.3. The number of imidazole rings is 1. The van der Waals surface area contributed by atoms with E-state index in [0.29, 0.717) is 0 Å². The van der Waals surface area contributed by atoms with Crippen molar-refractivity contribution in [2.24, 2.45) is 10.8 Å². The molecule has 0 amide bonds. The molecule has 0 aliphatic heterocycles. The summed E-state index contributed by atoms with van der Waals surface area (Å²) in [5.74, 6) is 0. The van der Waals surface area contributed by atoms with Crippen molar-refractivity contribution < 1.29 is 20.1 Å². The van der Waals surface area contributed by atoms with Gasteiger partial charge >= 0.3 is 0 Å². The van der Waals surface area contributed by atoms with Crippen LogP contribution in [0.3, 0.4) is 0 Å². The average Bonchev–Trinajstić information content (AvgIpc) is 3.18. The molecule has 0 spiro atoms. The summed E-state index contributed by atoms with van der Waals surface area (Å²) in [4.78, 5) is 5.23. The fourth-order valence-corrected chi connectivity index (χ4v) is 7.45. The van der Waals surface area contributed by atoms with Gasteiger partial charge in [0, 0.05) is 25.5 Å². The van der Waals surface area contributed by atoms with Gasteiger partial charge in [-0.2, -0.15) is 0 Å². The minimum atomic E-state index is 0. The van der Waals surface area contributed by atoms with Gasteiger partial charge in [-0.15, -0.1) is 35.0 Å². The normalized spacial score (nSPS) is 25.9. The molecular weight excluding hydrogens is 569 g/mol. The first-order valence-electron chi connectivity index (χ1n) is 11.6. The van der Waals surface area contributed by atoms with Crippen LogP contribution in [0.25, 0.3) is 27.5 Å². The molecule has 1 radical (unpaired) electrons. The molecule has 4 aromatic rings. The first-order chi connectivity index (χ1) is 14.3. The van der Waals surface area contributed by atoms with Crippen molar-refractivity contribution in [1.29, 1.82) is 0 Å². The molecule has 0 N–H and O–H groups in total. The smallest absolute Gasteiger partial charge is 0.0780 e. The zero-order chi connectivity index (χ0) is 22.4. The Morgan fingerprint density at radius 2 is 1.50 bits per heavy atom. The maximum Gasteiger partial charge on any atom is 0.0780 e. The van der Waals surface area contributed by atoms with Crippen molar-refractivity contribution in [2.75, 3.05) is 0 Å². The van der Waals surface area contributed by atoms with Crippen LogP contribution in [-0.2, 0) is 36.4 Å². The summed E-state index contributed by atoms with van der Waals surface area (Å²) >= 11 is 0. The van der Waals surface area contributed by atoms with Gasteiger partial charge in [-0.05, 0) is 50.6 Å². The minimum Gasteiger partial charge on any atom is -0.340 e. The molecule has 1 atom stereocenters. The van der Waals surface area contributed by atoms with Crippen LogP contribution in [0.1, 0.15) is 79.0 Å². The summed E-state index contributed by atoms with van der Waals surface area (Å²) in [7, 11) is 0. The number of aromatic nitrogens is 2. The Bertz CT molecular complexity index is 1450. The number of fused-ring (bicyclic) bond motifs is 6. The third-order valence-corrected chi connectivity index (χ3v) is 10.9. The zero-order valence-corrected chi connectivity index (χ0v) is 23.1. The van der Waals surface area contributed by atoms with Gasteiger partial charge in [-0.1, -0.05) is 68.4 Å². The Morgan fingerprint density at radius 1 is 0.844 bits per heavy atom. The molecule has 0 saturated heterocycles. The molecule has 32 heavy (non-hydrogen) atoms. The predicted molar refractivity (Wildman–Crippen MR) is 130 cm³/mol. The third kappa shape index (κ3) is 1.94. The van der Waals surface area contributed by atoms with Crippen LogP contribution in [0.15, 0.2) is 36.5 Å². The van der Waals surface area contributed by atoms with E-state index in [9.17, 15) is 0 Å². The van der Waals surface area contributed by atoms with E-state index in [2.05, 4.69) is 103 Å². The molecule has 2 aliphatic rings. The Morgan fingerprint density at radius 3 is 2.19 bits per heavy atom. The quantitative estimate of drug-likeness (QED) is 0.193. The number of hydrogen-bond donors (Lipinski definition) is 0. The van der Waals surface area contributed by atoms with Gasteiger partial charge in [0.25, 0.3) is 0 Å². The maximum atomic E-state index is 5.23. The predicted octanol–water partition coefficient (Wildman–Crippen LogP) is 7.33. The Hall–Kier alpha value is -1.70. The summed E-state index contributed by atoms with van der Waals surface area (Å²) in [5.41, 5.74) is 8.40. The van der Waals surface area contributed by atoms with Crippen LogP contribution < -0.4 is 0 Å². The molecule has 2 aromatic carbocycles. The second-order valence-electron chi connectivity index (χ2n) is 12.3. The van der Waals surface area contributed by atoms with E-state index in [1.807, 2.05) is 6.07 Å². The second-order valence-corrected chi connectivity index (χ2v) is 12.3. The average molecular weight is 602 g/mol. The number of rotatable bonds is 0. The molecule has 6 rings (SSSR count). The first kappa shape index (κ1) is 22.1. The minimum absolute atomic E-state index is 0. The summed E-state index contributed by atoms with van der Waals surface area (Å²) in [5, 5.41) is 2.30. The largest absolute Gasteiger partial charge is 0.340 e. The van der Waals surface area contributed by atoms with E-state index in [-0.39, 0.29) is 47.2 Å². The monoisotopic (exact) mass is 602 g/mol. The molecule has 2 aliphatic carbocycles. The van der Waals surface area contributed by atoms with Gasteiger partial charge in [0.15, 0.2) is 0 Å². The topological polar surface area (TPSA) is 17.3 Å². The molecule has 1 unspecified atom stereocenters. The molecular formula is C29H33IrN2-. The van der Waals surface area contributed by atoms with E-state index in [4.69, 9.17) is 4.98 Å². The third-order valence-electron chi connectivity index (χ3n) is 10.9. The van der Waals surface area contributed by atoms with E-state index in [1.54, 1.807) is 5.56 Å².